The molecule has 0 unspecified atom stereocenters. The van der Waals surface area contributed by atoms with Crippen LogP contribution in [0.3, 0.4) is 0 Å². The molecular weight excluding hydrogens is 412 g/mol. The van der Waals surface area contributed by atoms with Gasteiger partial charge in [0.2, 0.25) is 5.95 Å². The molecule has 168 valence electrons. The summed E-state index contributed by atoms with van der Waals surface area (Å²) < 4.78 is 1.72. The largest absolute Gasteiger partial charge is 0.343 e. The van der Waals surface area contributed by atoms with Gasteiger partial charge in [0.25, 0.3) is 11.5 Å². The molecule has 4 aromatic rings. The van der Waals surface area contributed by atoms with Crippen LogP contribution in [0.2, 0.25) is 0 Å². The highest BCUT2D eigenvalue weighted by Crippen LogP contribution is 2.19. The fourth-order valence-electron chi connectivity index (χ4n) is 3.93. The number of aromatic nitrogens is 2. The molecular formula is C27H28N4O2. The first kappa shape index (κ1) is 22.3. The molecule has 0 aliphatic rings. The molecule has 4 rings (SSSR count). The second-order valence-electron chi connectivity index (χ2n) is 8.02. The summed E-state index contributed by atoms with van der Waals surface area (Å²) in [7, 11) is 0. The summed E-state index contributed by atoms with van der Waals surface area (Å²) >= 11 is 0. The summed E-state index contributed by atoms with van der Waals surface area (Å²) in [4.78, 5) is 33.3. The van der Waals surface area contributed by atoms with E-state index in [0.717, 1.165) is 29.9 Å². The van der Waals surface area contributed by atoms with Crippen molar-refractivity contribution in [2.75, 3.05) is 23.3 Å². The van der Waals surface area contributed by atoms with Crippen molar-refractivity contribution in [3.05, 3.63) is 99.8 Å². The van der Waals surface area contributed by atoms with E-state index in [9.17, 15) is 9.59 Å². The van der Waals surface area contributed by atoms with Crippen molar-refractivity contribution < 1.29 is 4.79 Å². The van der Waals surface area contributed by atoms with E-state index in [2.05, 4.69) is 10.2 Å². The van der Waals surface area contributed by atoms with Gasteiger partial charge in [0.1, 0.15) is 0 Å². The Morgan fingerprint density at radius 2 is 1.73 bits per heavy atom. The van der Waals surface area contributed by atoms with Gasteiger partial charge in [0, 0.05) is 24.3 Å². The van der Waals surface area contributed by atoms with E-state index in [0.29, 0.717) is 29.0 Å². The number of nitrogens with one attached hydrogen (secondary N) is 1. The Labute approximate surface area is 193 Å². The number of hydrogen-bond donors (Lipinski definition) is 1. The molecule has 0 saturated heterocycles. The number of hydrogen-bond acceptors (Lipinski definition) is 4. The third-order valence-corrected chi connectivity index (χ3v) is 5.70. The molecule has 0 bridgehead atoms. The molecule has 33 heavy (non-hydrogen) atoms. The lowest BCUT2D eigenvalue weighted by Gasteiger charge is -2.24. The topological polar surface area (TPSA) is 67.2 Å². The Morgan fingerprint density at radius 1 is 0.970 bits per heavy atom. The van der Waals surface area contributed by atoms with Crippen LogP contribution in [0.25, 0.3) is 10.9 Å². The van der Waals surface area contributed by atoms with Crippen molar-refractivity contribution in [2.24, 2.45) is 0 Å². The SMILES string of the molecule is CCN(CC)c1nc2cc(C(=O)Nc3cccc(C)c3)ccc2c(=O)n1Cc1ccccc1. The van der Waals surface area contributed by atoms with Gasteiger partial charge in [-0.15, -0.1) is 0 Å². The molecule has 0 atom stereocenters. The minimum Gasteiger partial charge on any atom is -0.343 e. The van der Waals surface area contributed by atoms with Gasteiger partial charge in [-0.2, -0.15) is 0 Å². The average Bonchev–Trinajstić information content (AvgIpc) is 2.82. The Kier molecular flexibility index (Phi) is 6.54. The lowest BCUT2D eigenvalue weighted by molar-refractivity contribution is 0.102. The van der Waals surface area contributed by atoms with Crippen LogP contribution in [0.5, 0.6) is 0 Å². The van der Waals surface area contributed by atoms with Gasteiger partial charge in [0.15, 0.2) is 0 Å². The number of anilines is 2. The molecule has 1 N–H and O–H groups in total. The van der Waals surface area contributed by atoms with Crippen molar-refractivity contribution in [3.8, 4) is 0 Å². The monoisotopic (exact) mass is 440 g/mol. The Morgan fingerprint density at radius 3 is 2.42 bits per heavy atom. The van der Waals surface area contributed by atoms with E-state index in [1.54, 1.807) is 22.8 Å². The molecule has 1 amide bonds. The highest BCUT2D eigenvalue weighted by atomic mass is 16.1. The van der Waals surface area contributed by atoms with Gasteiger partial charge in [-0.25, -0.2) is 4.98 Å². The highest BCUT2D eigenvalue weighted by Gasteiger charge is 2.17. The molecule has 6 nitrogen and oxygen atoms in total. The van der Waals surface area contributed by atoms with E-state index >= 15 is 0 Å². The Bertz CT molecular complexity index is 1340. The van der Waals surface area contributed by atoms with Crippen LogP contribution in [-0.2, 0) is 6.54 Å². The zero-order chi connectivity index (χ0) is 23.4. The summed E-state index contributed by atoms with van der Waals surface area (Å²) in [5, 5.41) is 3.42. The lowest BCUT2D eigenvalue weighted by atomic mass is 10.1. The number of carbonyl (C=O) groups excluding carboxylic acids is 1. The molecule has 0 fully saturated rings. The van der Waals surface area contributed by atoms with E-state index < -0.39 is 0 Å². The van der Waals surface area contributed by atoms with Crippen LogP contribution < -0.4 is 15.8 Å². The molecule has 1 heterocycles. The third-order valence-electron chi connectivity index (χ3n) is 5.70. The van der Waals surface area contributed by atoms with Crippen LogP contribution in [0, 0.1) is 6.92 Å². The van der Waals surface area contributed by atoms with Gasteiger partial charge < -0.3 is 10.2 Å². The average molecular weight is 441 g/mol. The molecule has 0 spiro atoms. The second-order valence-corrected chi connectivity index (χ2v) is 8.02. The van der Waals surface area contributed by atoms with Crippen molar-refractivity contribution >= 4 is 28.4 Å². The molecule has 6 heteroatoms. The van der Waals surface area contributed by atoms with Crippen molar-refractivity contribution in [3.63, 3.8) is 0 Å². The summed E-state index contributed by atoms with van der Waals surface area (Å²) in [6.45, 7) is 7.93. The summed E-state index contributed by atoms with van der Waals surface area (Å²) in [5.74, 6) is 0.375. The van der Waals surface area contributed by atoms with Gasteiger partial charge in [-0.1, -0.05) is 42.5 Å². The van der Waals surface area contributed by atoms with E-state index in [-0.39, 0.29) is 11.5 Å². The summed E-state index contributed by atoms with van der Waals surface area (Å²) in [6, 6.07) is 22.6. The summed E-state index contributed by atoms with van der Waals surface area (Å²) in [6.07, 6.45) is 0. The minimum absolute atomic E-state index is 0.114. The number of aryl methyl sites for hydroxylation is 1. The van der Waals surface area contributed by atoms with Crippen LogP contribution in [0.4, 0.5) is 11.6 Å². The van der Waals surface area contributed by atoms with E-state index in [1.807, 2.05) is 75.4 Å². The first-order valence-electron chi connectivity index (χ1n) is 11.2. The number of fused-ring (bicyclic) bond motifs is 1. The smallest absolute Gasteiger partial charge is 0.263 e. The fourth-order valence-corrected chi connectivity index (χ4v) is 3.93. The van der Waals surface area contributed by atoms with Crippen LogP contribution >= 0.6 is 0 Å². The second kappa shape index (κ2) is 9.69. The predicted octanol–water partition coefficient (Wildman–Crippen LogP) is 4.85. The maximum Gasteiger partial charge on any atom is 0.263 e. The maximum absolute atomic E-state index is 13.5. The zero-order valence-corrected chi connectivity index (χ0v) is 19.2. The highest BCUT2D eigenvalue weighted by molar-refractivity contribution is 6.06. The van der Waals surface area contributed by atoms with Gasteiger partial charge >= 0.3 is 0 Å². The Balaban J connectivity index is 1.77. The number of nitrogens with zero attached hydrogens (tertiary/aromatic N) is 3. The summed E-state index contributed by atoms with van der Waals surface area (Å²) in [5.41, 5.74) is 3.69. The molecule has 0 radical (unpaired) electrons. The molecule has 3 aromatic carbocycles. The normalized spacial score (nSPS) is 10.9. The van der Waals surface area contributed by atoms with Gasteiger partial charge in [-0.05, 0) is 62.2 Å². The number of amides is 1. The molecule has 1 aromatic heterocycles. The first-order valence-corrected chi connectivity index (χ1v) is 11.2. The van der Waals surface area contributed by atoms with Gasteiger partial charge in [-0.3, -0.25) is 14.2 Å². The number of carbonyl (C=O) groups is 1. The number of rotatable bonds is 7. The quantitative estimate of drug-likeness (QED) is 0.446. The van der Waals surface area contributed by atoms with Crippen LogP contribution in [0.15, 0.2) is 77.6 Å². The lowest BCUT2D eigenvalue weighted by Crippen LogP contribution is -2.33. The van der Waals surface area contributed by atoms with Crippen molar-refractivity contribution in [2.45, 2.75) is 27.3 Å². The Hall–Kier alpha value is -3.93. The zero-order valence-electron chi connectivity index (χ0n) is 19.2. The van der Waals surface area contributed by atoms with Crippen LogP contribution in [0.1, 0.15) is 35.3 Å². The first-order chi connectivity index (χ1) is 16.0. The predicted molar refractivity (Wildman–Crippen MR) is 134 cm³/mol. The maximum atomic E-state index is 13.5. The standard InChI is InChI=1S/C27H28N4O2/c1-4-30(5-2)27-29-24-17-21(25(32)28-22-13-9-10-19(3)16-22)14-15-23(24)26(33)31(27)18-20-11-7-6-8-12-20/h6-17H,4-5,18H2,1-3H3,(H,28,32). The molecule has 0 aliphatic carbocycles. The molecule has 0 saturated carbocycles. The van der Waals surface area contributed by atoms with Crippen molar-refractivity contribution in [1.29, 1.82) is 0 Å². The fraction of sp³-hybridized carbons (Fsp3) is 0.222. The molecule has 0 aliphatic heterocycles. The van der Waals surface area contributed by atoms with E-state index in [4.69, 9.17) is 4.98 Å². The van der Waals surface area contributed by atoms with E-state index in [1.165, 1.54) is 0 Å². The minimum atomic E-state index is -0.234. The number of benzene rings is 3. The van der Waals surface area contributed by atoms with Gasteiger partial charge in [0.05, 0.1) is 17.4 Å². The van der Waals surface area contributed by atoms with Crippen LogP contribution in [-0.4, -0.2) is 28.5 Å². The van der Waals surface area contributed by atoms with Crippen molar-refractivity contribution in [1.82, 2.24) is 9.55 Å². The third kappa shape index (κ3) is 4.80.